The Balaban J connectivity index is 4.63. The van der Waals surface area contributed by atoms with E-state index >= 15 is 0 Å². The molecule has 0 spiro atoms. The lowest BCUT2D eigenvalue weighted by atomic mass is 10.0. The molecule has 0 amide bonds. The van der Waals surface area contributed by atoms with Gasteiger partial charge in [-0.05, 0) is 141 Å². The number of hydrogen-bond donors (Lipinski definition) is 4. The molecule has 0 heterocycles. The molecule has 5 atom stereocenters. The molecule has 5 unspecified atom stereocenters. The van der Waals surface area contributed by atoms with Crippen molar-refractivity contribution >= 4 is 33.6 Å². The minimum Gasteiger partial charge on any atom is -0.463 e. The minimum absolute atomic E-state index is 0.0829. The first-order valence-corrected chi connectivity index (χ1v) is 42.1. The summed E-state index contributed by atoms with van der Waals surface area (Å²) in [7, 11) is -9.81. The third-order valence-corrected chi connectivity index (χ3v) is 17.9. The number of unbranched alkanes of at least 4 members (excludes halogenated alkanes) is 26. The van der Waals surface area contributed by atoms with Crippen molar-refractivity contribution in [3.8, 4) is 0 Å². The highest BCUT2D eigenvalue weighted by Gasteiger charge is 2.29. The molecule has 0 radical (unpaired) electrons. The molecule has 0 rings (SSSR count). The highest BCUT2D eigenvalue weighted by atomic mass is 31.2. The van der Waals surface area contributed by atoms with E-state index in [1.165, 1.54) is 64.2 Å². The number of carbonyl (C=O) groups excluding carboxylic acids is 3. The van der Waals surface area contributed by atoms with E-state index < -0.39 is 91.5 Å². The molecule has 0 aliphatic rings. The van der Waals surface area contributed by atoms with Gasteiger partial charge in [0.25, 0.3) is 0 Å². The normalized spacial score (nSPS) is 14.8. The Morgan fingerprint density at radius 1 is 0.287 bits per heavy atom. The van der Waals surface area contributed by atoms with E-state index in [1.54, 1.807) is 0 Å². The minimum atomic E-state index is -4.94. The van der Waals surface area contributed by atoms with Gasteiger partial charge in [0.2, 0.25) is 0 Å². The van der Waals surface area contributed by atoms with Gasteiger partial charge >= 0.3 is 33.6 Å². The Hall–Kier alpha value is -4.57. The van der Waals surface area contributed by atoms with Crippen LogP contribution in [0.1, 0.15) is 303 Å². The van der Waals surface area contributed by atoms with Crippen molar-refractivity contribution in [2.75, 3.05) is 39.6 Å². The van der Waals surface area contributed by atoms with Crippen LogP contribution in [0.5, 0.6) is 0 Å². The molecule has 0 fully saturated rings. The second-order valence-corrected chi connectivity index (χ2v) is 28.7. The molecule has 0 aliphatic heterocycles. The smallest absolute Gasteiger partial charge is 0.463 e. The zero-order valence-corrected chi connectivity index (χ0v) is 64.8. The van der Waals surface area contributed by atoms with Crippen molar-refractivity contribution < 1.29 is 75.8 Å². The van der Waals surface area contributed by atoms with Crippen LogP contribution in [-0.4, -0.2) is 95.9 Å². The van der Waals surface area contributed by atoms with Gasteiger partial charge in [-0.15, -0.1) is 0 Å². The molecule has 0 aromatic rings. The van der Waals surface area contributed by atoms with Crippen LogP contribution in [0.3, 0.4) is 0 Å². The van der Waals surface area contributed by atoms with E-state index in [1.807, 2.05) is 0 Å². The maximum absolute atomic E-state index is 13.0. The van der Waals surface area contributed by atoms with Crippen LogP contribution in [0.25, 0.3) is 0 Å². The summed E-state index contributed by atoms with van der Waals surface area (Å²) in [5.41, 5.74) is 0. The SMILES string of the molecule is CC/C=C\C/C=C\C/C=C\C/C=C\C/C=C\CCCCCCCCCCCCCC(=O)OCC(O)COP(=O)(O)OCC(O)COP(=O)(O)OCC(COC(=O)CCCCCCCC/C=C\C/C=C\C/C=C\C/C=C\CC)OC(=O)CCCCCCCC/C=C\C/C=C\C/C=C\CCCCC. The molecule has 0 aromatic heterocycles. The quantitative estimate of drug-likeness (QED) is 0.0146. The van der Waals surface area contributed by atoms with Crippen LogP contribution in [0.15, 0.2) is 146 Å². The Labute approximate surface area is 613 Å². The number of allylic oxidation sites excluding steroid dienone is 24. The molecule has 0 aromatic carbocycles. The first kappa shape index (κ1) is 96.4. The third kappa shape index (κ3) is 76.4. The standard InChI is InChI=1S/C83H140O16P2/c1-4-7-10-13-16-19-22-25-28-31-34-35-36-37-38-39-40-41-44-46-48-51-54-57-60-63-66-69-81(86)93-72-78(84)73-95-100(89,90)96-74-79(85)75-97-101(91,92)98-77-80(99-83(88)71-68-65-62-59-56-53-50-47-43-33-30-27-24-21-18-15-12-9-6-3)76-94-82(87)70-67-64-61-58-55-52-49-45-42-32-29-26-23-20-17-14-11-8-5-2/h7-8,10-11,16-21,25-30,34-35,37-38,42-43,45,47,78-80,84-85H,4-6,9,12-15,22-24,31-33,36,39-41,44,46,48-77H2,1-3H3,(H,89,90)(H,91,92)/b10-7-,11-8-,19-16-,20-17-,21-18-,28-25-,29-26-,30-27-,35-34-,38-37-,45-42-,47-43-. The molecule has 0 bridgehead atoms. The Bertz CT molecular complexity index is 2420. The van der Waals surface area contributed by atoms with Crippen molar-refractivity contribution in [2.24, 2.45) is 0 Å². The lowest BCUT2D eigenvalue weighted by Crippen LogP contribution is -2.30. The van der Waals surface area contributed by atoms with E-state index in [0.717, 1.165) is 180 Å². The predicted molar refractivity (Wildman–Crippen MR) is 417 cm³/mol. The van der Waals surface area contributed by atoms with Gasteiger partial charge in [0.05, 0.1) is 26.4 Å². The summed E-state index contributed by atoms with van der Waals surface area (Å²) in [6, 6.07) is 0. The Kier molecular flexibility index (Phi) is 71.7. The van der Waals surface area contributed by atoms with E-state index in [9.17, 15) is 43.5 Å². The second-order valence-electron chi connectivity index (χ2n) is 25.7. The number of hydrogen-bond acceptors (Lipinski definition) is 14. The second kappa shape index (κ2) is 75.1. The van der Waals surface area contributed by atoms with Gasteiger partial charge in [-0.2, -0.15) is 0 Å². The van der Waals surface area contributed by atoms with Crippen molar-refractivity contribution in [3.63, 3.8) is 0 Å². The van der Waals surface area contributed by atoms with Gasteiger partial charge in [0.1, 0.15) is 25.4 Å². The van der Waals surface area contributed by atoms with Crippen molar-refractivity contribution in [2.45, 2.75) is 322 Å². The fourth-order valence-electron chi connectivity index (χ4n) is 10.1. The molecule has 4 N–H and O–H groups in total. The largest absolute Gasteiger partial charge is 0.472 e. The van der Waals surface area contributed by atoms with Crippen LogP contribution in [-0.2, 0) is 55.8 Å². The van der Waals surface area contributed by atoms with Gasteiger partial charge in [-0.25, -0.2) is 9.13 Å². The molecule has 101 heavy (non-hydrogen) atoms. The van der Waals surface area contributed by atoms with Gasteiger partial charge in [0.15, 0.2) is 6.10 Å². The van der Waals surface area contributed by atoms with Crippen molar-refractivity contribution in [1.82, 2.24) is 0 Å². The zero-order valence-electron chi connectivity index (χ0n) is 63.0. The van der Waals surface area contributed by atoms with Gasteiger partial charge in [0, 0.05) is 19.3 Å². The highest BCUT2D eigenvalue weighted by Crippen LogP contribution is 2.45. The fourth-order valence-corrected chi connectivity index (χ4v) is 11.7. The van der Waals surface area contributed by atoms with Crippen LogP contribution in [0.2, 0.25) is 0 Å². The molecular formula is C83H140O16P2. The molecule has 0 saturated carbocycles. The lowest BCUT2D eigenvalue weighted by molar-refractivity contribution is -0.161. The van der Waals surface area contributed by atoms with E-state index in [0.29, 0.717) is 19.3 Å². The Morgan fingerprint density at radius 2 is 0.525 bits per heavy atom. The summed E-state index contributed by atoms with van der Waals surface area (Å²) >= 11 is 0. The molecule has 578 valence electrons. The lowest BCUT2D eigenvalue weighted by Gasteiger charge is -2.21. The van der Waals surface area contributed by atoms with Crippen LogP contribution >= 0.6 is 15.6 Å². The number of phosphoric acid groups is 2. The molecular weight excluding hydrogens is 1310 g/mol. The summed E-state index contributed by atoms with van der Waals surface area (Å²) in [5.74, 6) is -1.61. The first-order chi connectivity index (χ1) is 49.2. The van der Waals surface area contributed by atoms with E-state index in [4.69, 9.17) is 32.3 Å². The number of phosphoric ester groups is 2. The predicted octanol–water partition coefficient (Wildman–Crippen LogP) is 22.9. The molecule has 16 nitrogen and oxygen atoms in total. The van der Waals surface area contributed by atoms with E-state index in [-0.39, 0.29) is 19.3 Å². The molecule has 0 aliphatic carbocycles. The van der Waals surface area contributed by atoms with Gasteiger partial charge < -0.3 is 34.2 Å². The number of aliphatic hydroxyl groups excluding tert-OH is 2. The average molecular weight is 1460 g/mol. The Morgan fingerprint density at radius 3 is 0.832 bits per heavy atom. The van der Waals surface area contributed by atoms with Gasteiger partial charge in [-0.1, -0.05) is 289 Å². The average Bonchev–Trinajstić information content (AvgIpc) is 3.19. The van der Waals surface area contributed by atoms with Crippen LogP contribution in [0.4, 0.5) is 0 Å². The first-order valence-electron chi connectivity index (χ1n) is 39.1. The van der Waals surface area contributed by atoms with Gasteiger partial charge in [-0.3, -0.25) is 32.5 Å². The topological polar surface area (TPSA) is 231 Å². The van der Waals surface area contributed by atoms with E-state index in [2.05, 4.69) is 167 Å². The number of rotatable bonds is 73. The summed E-state index contributed by atoms with van der Waals surface area (Å²) in [6.45, 7) is 2.40. The van der Waals surface area contributed by atoms with Crippen molar-refractivity contribution in [3.05, 3.63) is 146 Å². The molecule has 0 saturated heterocycles. The number of ether oxygens (including phenoxy) is 3. The fraction of sp³-hybridized carbons (Fsp3) is 0.675. The summed E-state index contributed by atoms with van der Waals surface area (Å²) in [4.78, 5) is 58.7. The maximum Gasteiger partial charge on any atom is 0.472 e. The summed E-state index contributed by atoms with van der Waals surface area (Å²) in [6.07, 6.45) is 91.7. The van der Waals surface area contributed by atoms with Crippen LogP contribution in [0, 0.1) is 0 Å². The maximum atomic E-state index is 13.0. The van der Waals surface area contributed by atoms with Crippen molar-refractivity contribution in [1.29, 1.82) is 0 Å². The number of esters is 3. The number of carbonyl (C=O) groups is 3. The summed E-state index contributed by atoms with van der Waals surface area (Å²) in [5, 5.41) is 20.6. The van der Waals surface area contributed by atoms with Crippen LogP contribution < -0.4 is 0 Å². The number of aliphatic hydroxyl groups is 2. The zero-order chi connectivity index (χ0) is 73.7. The monoisotopic (exact) mass is 1450 g/mol. The highest BCUT2D eigenvalue weighted by molar-refractivity contribution is 7.47. The third-order valence-electron chi connectivity index (χ3n) is 16.0. The molecule has 18 heteroatoms. The summed E-state index contributed by atoms with van der Waals surface area (Å²) < 4.78 is 61.2.